The Balaban J connectivity index is 1.71. The average Bonchev–Trinajstić information content (AvgIpc) is 2.62. The Morgan fingerprint density at radius 1 is 1.07 bits per heavy atom. The van der Waals surface area contributed by atoms with Gasteiger partial charge in [-0.2, -0.15) is 0 Å². The van der Waals surface area contributed by atoms with E-state index in [2.05, 4.69) is 27.0 Å². The van der Waals surface area contributed by atoms with Crippen molar-refractivity contribution in [2.75, 3.05) is 7.05 Å². The number of phenols is 1. The number of phenolic OH excluding ortho intramolecular Hbond substituents is 1. The molecule has 0 aliphatic heterocycles. The lowest BCUT2D eigenvalue weighted by Crippen LogP contribution is -2.17. The van der Waals surface area contributed by atoms with Crippen LogP contribution in [0.5, 0.6) is 5.75 Å². The summed E-state index contributed by atoms with van der Waals surface area (Å²) < 4.78 is 0. The molecule has 0 aliphatic rings. The van der Waals surface area contributed by atoms with Crippen molar-refractivity contribution in [3.63, 3.8) is 0 Å². The van der Waals surface area contributed by atoms with Gasteiger partial charge in [0.2, 0.25) is 0 Å². The molecule has 3 aromatic rings. The minimum Gasteiger partial charge on any atom is -0.508 e. The largest absolute Gasteiger partial charge is 0.508 e. The fourth-order valence-corrected chi connectivity index (χ4v) is 3.27. The molecule has 1 heterocycles. The zero-order chi connectivity index (χ0) is 19.4. The van der Waals surface area contributed by atoms with Crippen molar-refractivity contribution >= 4 is 0 Å². The van der Waals surface area contributed by atoms with Gasteiger partial charge in [0, 0.05) is 29.9 Å². The van der Waals surface area contributed by atoms with Gasteiger partial charge in [-0.15, -0.1) is 0 Å². The van der Waals surface area contributed by atoms with Gasteiger partial charge in [0.1, 0.15) is 11.6 Å². The van der Waals surface area contributed by atoms with Gasteiger partial charge in [0.15, 0.2) is 0 Å². The van der Waals surface area contributed by atoms with E-state index < -0.39 is 0 Å². The highest BCUT2D eigenvalue weighted by Gasteiger charge is 2.08. The minimum atomic E-state index is -0.0603. The molecule has 2 aromatic carbocycles. The fraction of sp³-hybridized carbons (Fsp3) is 0.273. The first kappa shape index (κ1) is 18.9. The Morgan fingerprint density at radius 3 is 2.41 bits per heavy atom. The second-order valence-corrected chi connectivity index (χ2v) is 6.87. The molecule has 0 spiro atoms. The van der Waals surface area contributed by atoms with Gasteiger partial charge in [-0.05, 0) is 43.7 Å². The number of aromatic amines is 1. The van der Waals surface area contributed by atoms with Crippen LogP contribution in [0.1, 0.15) is 29.3 Å². The lowest BCUT2D eigenvalue weighted by Gasteiger charge is -2.17. The number of aryl methyl sites for hydroxylation is 1. The molecule has 0 unspecified atom stereocenters. The van der Waals surface area contributed by atoms with Crippen molar-refractivity contribution in [2.24, 2.45) is 0 Å². The molecule has 3 rings (SSSR count). The summed E-state index contributed by atoms with van der Waals surface area (Å²) in [6.07, 6.45) is 0.679. The van der Waals surface area contributed by atoms with Gasteiger partial charge in [-0.1, -0.05) is 43.3 Å². The van der Waals surface area contributed by atoms with E-state index in [9.17, 15) is 9.90 Å². The van der Waals surface area contributed by atoms with Crippen LogP contribution >= 0.6 is 0 Å². The third-order valence-corrected chi connectivity index (χ3v) is 4.62. The number of rotatable bonds is 6. The first-order chi connectivity index (χ1) is 13.0. The van der Waals surface area contributed by atoms with Gasteiger partial charge in [-0.3, -0.25) is 9.69 Å². The molecule has 2 N–H and O–H groups in total. The number of nitrogens with one attached hydrogen (secondary N) is 1. The lowest BCUT2D eigenvalue weighted by atomic mass is 10.1. The topological polar surface area (TPSA) is 69.2 Å². The van der Waals surface area contributed by atoms with Crippen molar-refractivity contribution < 1.29 is 5.11 Å². The summed E-state index contributed by atoms with van der Waals surface area (Å²) >= 11 is 0. The van der Waals surface area contributed by atoms with Crippen LogP contribution in [0.2, 0.25) is 0 Å². The molecule has 5 nitrogen and oxygen atoms in total. The normalized spacial score (nSPS) is 11.1. The Morgan fingerprint density at radius 2 is 1.78 bits per heavy atom. The van der Waals surface area contributed by atoms with Crippen molar-refractivity contribution in [1.29, 1.82) is 0 Å². The number of hydrogen-bond acceptors (Lipinski definition) is 4. The SMILES string of the molecule is CCc1c(C)nc(-c2ccc(CN(C)Cc3cccc(O)c3)cc2)[nH]c1=O. The zero-order valence-corrected chi connectivity index (χ0v) is 16.0. The van der Waals surface area contributed by atoms with E-state index in [4.69, 9.17) is 0 Å². The molecule has 1 aromatic heterocycles. The third-order valence-electron chi connectivity index (χ3n) is 4.62. The summed E-state index contributed by atoms with van der Waals surface area (Å²) in [6, 6.07) is 15.4. The van der Waals surface area contributed by atoms with Crippen LogP contribution in [0.25, 0.3) is 11.4 Å². The molecule has 5 heteroatoms. The van der Waals surface area contributed by atoms with Gasteiger partial charge in [0.25, 0.3) is 5.56 Å². The standard InChI is InChI=1S/C22H25N3O2/c1-4-20-15(2)23-21(24-22(20)27)18-10-8-16(9-11-18)13-25(3)14-17-6-5-7-19(26)12-17/h5-12,26H,4,13-14H2,1-3H3,(H,23,24,27). The summed E-state index contributed by atoms with van der Waals surface area (Å²) in [5.74, 6) is 0.894. The molecule has 27 heavy (non-hydrogen) atoms. The van der Waals surface area contributed by atoms with Crippen LogP contribution in [-0.4, -0.2) is 27.0 Å². The van der Waals surface area contributed by atoms with Gasteiger partial charge in [0.05, 0.1) is 0 Å². The Kier molecular flexibility index (Phi) is 5.72. The van der Waals surface area contributed by atoms with Gasteiger partial charge < -0.3 is 10.1 Å². The highest BCUT2D eigenvalue weighted by atomic mass is 16.3. The minimum absolute atomic E-state index is 0.0603. The van der Waals surface area contributed by atoms with E-state index >= 15 is 0 Å². The first-order valence-electron chi connectivity index (χ1n) is 9.12. The predicted octanol–water partition coefficient (Wildman–Crippen LogP) is 3.65. The maximum atomic E-state index is 12.2. The van der Waals surface area contributed by atoms with Gasteiger partial charge >= 0.3 is 0 Å². The predicted molar refractivity (Wildman–Crippen MR) is 108 cm³/mol. The number of aromatic hydroxyl groups is 1. The summed E-state index contributed by atoms with van der Waals surface area (Å²) in [5, 5.41) is 9.58. The lowest BCUT2D eigenvalue weighted by molar-refractivity contribution is 0.318. The van der Waals surface area contributed by atoms with Crippen LogP contribution in [0.15, 0.2) is 53.3 Å². The Hall–Kier alpha value is -2.92. The van der Waals surface area contributed by atoms with E-state index in [1.165, 1.54) is 5.56 Å². The number of H-pyrrole nitrogens is 1. The molecule has 0 radical (unpaired) electrons. The van der Waals surface area contributed by atoms with E-state index in [-0.39, 0.29) is 11.3 Å². The molecule has 0 saturated heterocycles. The highest BCUT2D eigenvalue weighted by molar-refractivity contribution is 5.55. The zero-order valence-electron chi connectivity index (χ0n) is 16.0. The monoisotopic (exact) mass is 363 g/mol. The molecule has 0 aliphatic carbocycles. The van der Waals surface area contributed by atoms with Crippen LogP contribution < -0.4 is 5.56 Å². The fourth-order valence-electron chi connectivity index (χ4n) is 3.27. The molecule has 0 fully saturated rings. The molecular weight excluding hydrogens is 338 g/mol. The second kappa shape index (κ2) is 8.18. The summed E-state index contributed by atoms with van der Waals surface area (Å²) in [7, 11) is 2.05. The number of nitrogens with zero attached hydrogens (tertiary/aromatic N) is 2. The van der Waals surface area contributed by atoms with Crippen LogP contribution in [-0.2, 0) is 19.5 Å². The van der Waals surface area contributed by atoms with E-state index in [0.29, 0.717) is 12.2 Å². The highest BCUT2D eigenvalue weighted by Crippen LogP contribution is 2.18. The molecule has 140 valence electrons. The van der Waals surface area contributed by atoms with Crippen LogP contribution in [0, 0.1) is 6.92 Å². The maximum Gasteiger partial charge on any atom is 0.254 e. The smallest absolute Gasteiger partial charge is 0.254 e. The molecule has 0 atom stereocenters. The summed E-state index contributed by atoms with van der Waals surface area (Å²) in [4.78, 5) is 21.8. The first-order valence-corrected chi connectivity index (χ1v) is 9.12. The average molecular weight is 363 g/mol. The third kappa shape index (κ3) is 4.63. The van der Waals surface area contributed by atoms with Crippen LogP contribution in [0.3, 0.4) is 0 Å². The maximum absolute atomic E-state index is 12.2. The number of aromatic nitrogens is 2. The van der Waals surface area contributed by atoms with E-state index in [0.717, 1.165) is 35.5 Å². The van der Waals surface area contributed by atoms with Gasteiger partial charge in [-0.25, -0.2) is 4.98 Å². The Labute approximate surface area is 159 Å². The molecule has 0 amide bonds. The van der Waals surface area contributed by atoms with E-state index in [1.807, 2.05) is 45.2 Å². The number of benzene rings is 2. The summed E-state index contributed by atoms with van der Waals surface area (Å²) in [5.41, 5.74) is 4.61. The number of hydrogen-bond donors (Lipinski definition) is 2. The quantitative estimate of drug-likeness (QED) is 0.701. The van der Waals surface area contributed by atoms with Crippen molar-refractivity contribution in [3.8, 4) is 17.1 Å². The molecule has 0 saturated carbocycles. The second-order valence-electron chi connectivity index (χ2n) is 6.87. The Bertz CT molecular complexity index is 978. The molecular formula is C22H25N3O2. The van der Waals surface area contributed by atoms with Crippen molar-refractivity contribution in [1.82, 2.24) is 14.9 Å². The van der Waals surface area contributed by atoms with Crippen molar-refractivity contribution in [3.05, 3.63) is 81.3 Å². The molecule has 0 bridgehead atoms. The van der Waals surface area contributed by atoms with E-state index in [1.54, 1.807) is 12.1 Å². The van der Waals surface area contributed by atoms with Crippen molar-refractivity contribution in [2.45, 2.75) is 33.4 Å². The van der Waals surface area contributed by atoms with Crippen LogP contribution in [0.4, 0.5) is 0 Å². The summed E-state index contributed by atoms with van der Waals surface area (Å²) in [6.45, 7) is 5.37.